The minimum Gasteiger partial charge on any atom is -0.394 e. The molecule has 0 radical (unpaired) electrons. The van der Waals surface area contributed by atoms with Gasteiger partial charge in [-0.2, -0.15) is 0 Å². The third-order valence-corrected chi connectivity index (χ3v) is 4.04. The fourth-order valence-corrected chi connectivity index (χ4v) is 2.65. The van der Waals surface area contributed by atoms with Crippen molar-refractivity contribution < 1.29 is 24.5 Å². The molecule has 2 atom stereocenters. The number of aryl methyl sites for hydroxylation is 1. The summed E-state index contributed by atoms with van der Waals surface area (Å²) in [6, 6.07) is 6.17. The number of morpholine rings is 1. The minimum atomic E-state index is -0.903. The van der Waals surface area contributed by atoms with Gasteiger partial charge >= 0.3 is 0 Å². The Morgan fingerprint density at radius 1 is 1.39 bits per heavy atom. The zero-order chi connectivity index (χ0) is 17.0. The number of nitrogens with one attached hydrogen (secondary N) is 1. The number of carbonyl (C=O) groups excluding carboxylic acids is 2. The molecule has 1 aliphatic rings. The Morgan fingerprint density at radius 3 is 2.65 bits per heavy atom. The number of ether oxygens (including phenoxy) is 1. The average Bonchev–Trinajstić information content (AvgIpc) is 2.55. The van der Waals surface area contributed by atoms with Crippen molar-refractivity contribution in [3.05, 3.63) is 35.4 Å². The van der Waals surface area contributed by atoms with Gasteiger partial charge in [-0.15, -0.1) is 0 Å². The molecule has 0 aromatic heterocycles. The molecule has 126 valence electrons. The van der Waals surface area contributed by atoms with Gasteiger partial charge in [0, 0.05) is 7.05 Å². The monoisotopic (exact) mass is 322 g/mol. The molecule has 1 fully saturated rings. The van der Waals surface area contributed by atoms with Crippen molar-refractivity contribution in [2.24, 2.45) is 0 Å². The van der Waals surface area contributed by atoms with Gasteiger partial charge < -0.3 is 25.2 Å². The predicted octanol–water partition coefficient (Wildman–Crippen LogP) is -0.637. The van der Waals surface area contributed by atoms with Crippen molar-refractivity contribution in [2.45, 2.75) is 25.1 Å². The Bertz CT molecular complexity index is 573. The van der Waals surface area contributed by atoms with E-state index in [0.29, 0.717) is 0 Å². The molecule has 0 saturated carbocycles. The van der Waals surface area contributed by atoms with E-state index >= 15 is 0 Å². The fourth-order valence-electron chi connectivity index (χ4n) is 2.65. The van der Waals surface area contributed by atoms with E-state index < -0.39 is 24.1 Å². The van der Waals surface area contributed by atoms with Crippen LogP contribution in [0.4, 0.5) is 0 Å². The SMILES string of the molecule is Cc1ccccc1[C@@H]1[C@@H](C(=O)NC(CO)CO)OCC(=O)N1C. The Labute approximate surface area is 134 Å². The van der Waals surface area contributed by atoms with Crippen molar-refractivity contribution in [2.75, 3.05) is 26.9 Å². The molecule has 1 aliphatic heterocycles. The molecule has 0 spiro atoms. The number of benzene rings is 1. The lowest BCUT2D eigenvalue weighted by Gasteiger charge is -2.39. The lowest BCUT2D eigenvalue weighted by molar-refractivity contribution is -0.162. The number of nitrogens with zero attached hydrogens (tertiary/aromatic N) is 1. The molecule has 2 rings (SSSR count). The maximum absolute atomic E-state index is 12.5. The Kier molecular flexibility index (Phi) is 5.70. The van der Waals surface area contributed by atoms with Crippen LogP contribution < -0.4 is 5.32 Å². The van der Waals surface area contributed by atoms with Crippen molar-refractivity contribution >= 4 is 11.8 Å². The number of likely N-dealkylation sites (N-methyl/N-ethyl adjacent to an activating group) is 1. The zero-order valence-electron chi connectivity index (χ0n) is 13.2. The van der Waals surface area contributed by atoms with Crippen molar-refractivity contribution in [1.29, 1.82) is 0 Å². The lowest BCUT2D eigenvalue weighted by Crippen LogP contribution is -2.55. The molecule has 7 nitrogen and oxygen atoms in total. The summed E-state index contributed by atoms with van der Waals surface area (Å²) in [5.74, 6) is -0.672. The van der Waals surface area contributed by atoms with E-state index in [2.05, 4.69) is 5.32 Å². The highest BCUT2D eigenvalue weighted by Crippen LogP contribution is 2.31. The van der Waals surface area contributed by atoms with Crippen LogP contribution in [0.3, 0.4) is 0 Å². The number of amides is 2. The molecule has 2 amide bonds. The molecule has 1 aromatic rings. The van der Waals surface area contributed by atoms with Gasteiger partial charge in [0.25, 0.3) is 5.91 Å². The van der Waals surface area contributed by atoms with Crippen LogP contribution in [0.2, 0.25) is 0 Å². The molecule has 3 N–H and O–H groups in total. The molecule has 1 aromatic carbocycles. The van der Waals surface area contributed by atoms with Gasteiger partial charge in [0.15, 0.2) is 6.10 Å². The number of aliphatic hydroxyl groups excluding tert-OH is 2. The van der Waals surface area contributed by atoms with Crippen molar-refractivity contribution in [3.8, 4) is 0 Å². The normalized spacial score (nSPS) is 21.6. The predicted molar refractivity (Wildman–Crippen MR) is 82.5 cm³/mol. The zero-order valence-corrected chi connectivity index (χ0v) is 13.2. The van der Waals surface area contributed by atoms with Gasteiger partial charge in [-0.3, -0.25) is 9.59 Å². The molecule has 0 bridgehead atoms. The van der Waals surface area contributed by atoms with Crippen LogP contribution >= 0.6 is 0 Å². The number of rotatable bonds is 5. The first-order valence-electron chi connectivity index (χ1n) is 7.44. The summed E-state index contributed by atoms with van der Waals surface area (Å²) in [7, 11) is 1.64. The standard InChI is InChI=1S/C16H22N2O5/c1-10-5-3-4-6-12(10)14-15(23-9-13(21)18(14)2)16(22)17-11(7-19)8-20/h3-6,11,14-15,19-20H,7-9H2,1-2H3,(H,17,22)/t14-,15+/m1/s1. The van der Waals surface area contributed by atoms with Crippen LogP contribution in [-0.4, -0.2) is 65.9 Å². The third kappa shape index (κ3) is 3.69. The van der Waals surface area contributed by atoms with Crippen LogP contribution in [0.5, 0.6) is 0 Å². The van der Waals surface area contributed by atoms with Gasteiger partial charge in [-0.05, 0) is 18.1 Å². The molecule has 0 aliphatic carbocycles. The Balaban J connectivity index is 2.30. The van der Waals surface area contributed by atoms with E-state index in [4.69, 9.17) is 14.9 Å². The summed E-state index contributed by atoms with van der Waals surface area (Å²) in [4.78, 5) is 26.0. The Morgan fingerprint density at radius 2 is 2.04 bits per heavy atom. The van der Waals surface area contributed by atoms with Crippen LogP contribution in [0.1, 0.15) is 17.2 Å². The van der Waals surface area contributed by atoms with Crippen LogP contribution in [0.25, 0.3) is 0 Å². The first-order chi connectivity index (χ1) is 11.0. The summed E-state index contributed by atoms with van der Waals surface area (Å²) in [6.45, 7) is 0.971. The highest BCUT2D eigenvalue weighted by Gasteiger charge is 2.40. The molecular formula is C16H22N2O5. The molecule has 23 heavy (non-hydrogen) atoms. The summed E-state index contributed by atoms with van der Waals surface area (Å²) in [5, 5.41) is 20.8. The molecule has 1 heterocycles. The molecule has 0 unspecified atom stereocenters. The second-order valence-corrected chi connectivity index (χ2v) is 5.61. The van der Waals surface area contributed by atoms with E-state index in [1.54, 1.807) is 7.05 Å². The number of carbonyl (C=O) groups is 2. The van der Waals surface area contributed by atoms with Gasteiger partial charge in [0.2, 0.25) is 5.91 Å². The summed E-state index contributed by atoms with van der Waals surface area (Å²) < 4.78 is 5.47. The van der Waals surface area contributed by atoms with E-state index in [-0.39, 0.29) is 25.7 Å². The highest BCUT2D eigenvalue weighted by molar-refractivity contribution is 5.86. The second kappa shape index (κ2) is 7.54. The summed E-state index contributed by atoms with van der Waals surface area (Å²) in [6.07, 6.45) is -0.903. The fraction of sp³-hybridized carbons (Fsp3) is 0.500. The molecule has 7 heteroatoms. The first kappa shape index (κ1) is 17.4. The van der Waals surface area contributed by atoms with E-state index in [9.17, 15) is 9.59 Å². The molecular weight excluding hydrogens is 300 g/mol. The van der Waals surface area contributed by atoms with Crippen LogP contribution in [0, 0.1) is 6.92 Å². The number of hydrogen-bond donors (Lipinski definition) is 3. The topological polar surface area (TPSA) is 99.1 Å². The maximum Gasteiger partial charge on any atom is 0.252 e. The van der Waals surface area contributed by atoms with E-state index in [1.165, 1.54) is 4.90 Å². The van der Waals surface area contributed by atoms with Crippen LogP contribution in [0.15, 0.2) is 24.3 Å². The summed E-state index contributed by atoms with van der Waals surface area (Å²) in [5.41, 5.74) is 1.77. The lowest BCUT2D eigenvalue weighted by atomic mass is 9.94. The van der Waals surface area contributed by atoms with Crippen LogP contribution in [-0.2, 0) is 14.3 Å². The van der Waals surface area contributed by atoms with E-state index in [0.717, 1.165) is 11.1 Å². The average molecular weight is 322 g/mol. The highest BCUT2D eigenvalue weighted by atomic mass is 16.5. The van der Waals surface area contributed by atoms with E-state index in [1.807, 2.05) is 31.2 Å². The largest absolute Gasteiger partial charge is 0.394 e. The maximum atomic E-state index is 12.5. The Hall–Kier alpha value is -1.96. The van der Waals surface area contributed by atoms with Gasteiger partial charge in [-0.1, -0.05) is 24.3 Å². The number of aliphatic hydroxyl groups is 2. The summed E-state index contributed by atoms with van der Waals surface area (Å²) >= 11 is 0. The minimum absolute atomic E-state index is 0.181. The smallest absolute Gasteiger partial charge is 0.252 e. The third-order valence-electron chi connectivity index (χ3n) is 4.04. The first-order valence-corrected chi connectivity index (χ1v) is 7.44. The van der Waals surface area contributed by atoms with Gasteiger partial charge in [0.05, 0.1) is 25.3 Å². The van der Waals surface area contributed by atoms with Gasteiger partial charge in [-0.25, -0.2) is 0 Å². The second-order valence-electron chi connectivity index (χ2n) is 5.61. The van der Waals surface area contributed by atoms with Gasteiger partial charge in [0.1, 0.15) is 6.61 Å². The van der Waals surface area contributed by atoms with Crippen molar-refractivity contribution in [1.82, 2.24) is 10.2 Å². The van der Waals surface area contributed by atoms with Crippen molar-refractivity contribution in [3.63, 3.8) is 0 Å². The molecule has 1 saturated heterocycles. The quantitative estimate of drug-likeness (QED) is 0.670. The number of hydrogen-bond acceptors (Lipinski definition) is 5.